The summed E-state index contributed by atoms with van der Waals surface area (Å²) in [5, 5.41) is 0. The van der Waals surface area contributed by atoms with Crippen LogP contribution in [0.2, 0.25) is 0 Å². The van der Waals surface area contributed by atoms with Gasteiger partial charge in [-0.05, 0) is 26.2 Å². The molecule has 1 unspecified atom stereocenters. The average Bonchev–Trinajstić information content (AvgIpc) is 2.05. The van der Waals surface area contributed by atoms with E-state index in [0.717, 1.165) is 18.6 Å². The van der Waals surface area contributed by atoms with Crippen molar-refractivity contribution in [3.05, 3.63) is 6.10 Å². The third-order valence-electron chi connectivity index (χ3n) is 2.15. The lowest BCUT2D eigenvalue weighted by molar-refractivity contribution is 0.112. The number of hydrogen-bond donors (Lipinski definition) is 0. The van der Waals surface area contributed by atoms with Gasteiger partial charge in [0.25, 0.3) is 0 Å². The van der Waals surface area contributed by atoms with E-state index in [1.807, 2.05) is 13.8 Å². The Labute approximate surface area is 77.5 Å². The molecule has 0 heterocycles. The van der Waals surface area contributed by atoms with Gasteiger partial charge in [-0.25, -0.2) is 0 Å². The van der Waals surface area contributed by atoms with E-state index >= 15 is 0 Å². The highest BCUT2D eigenvalue weighted by molar-refractivity contribution is 4.63. The quantitative estimate of drug-likeness (QED) is 0.566. The normalized spacial score (nSPS) is 13.8. The minimum Gasteiger partial charge on any atom is -0.372 e. The van der Waals surface area contributed by atoms with Gasteiger partial charge in [-0.3, -0.25) is 0 Å². The van der Waals surface area contributed by atoms with E-state index in [1.54, 1.807) is 0 Å². The first-order valence-electron chi connectivity index (χ1n) is 5.13. The zero-order valence-electron chi connectivity index (χ0n) is 9.02. The molecular weight excluding hydrogens is 148 g/mol. The van der Waals surface area contributed by atoms with Gasteiger partial charge in [0, 0.05) is 0 Å². The van der Waals surface area contributed by atoms with Gasteiger partial charge >= 0.3 is 0 Å². The molecule has 0 saturated heterocycles. The molecular formula is C11H23O. The largest absolute Gasteiger partial charge is 0.372 e. The molecule has 0 rings (SSSR count). The van der Waals surface area contributed by atoms with Crippen LogP contribution in [-0.2, 0) is 4.74 Å². The van der Waals surface area contributed by atoms with Crippen LogP contribution in [0.1, 0.15) is 53.4 Å². The van der Waals surface area contributed by atoms with Crippen molar-refractivity contribution >= 4 is 0 Å². The summed E-state index contributed by atoms with van der Waals surface area (Å²) in [6.07, 6.45) is 6.29. The molecule has 0 spiro atoms. The summed E-state index contributed by atoms with van der Waals surface area (Å²) in [5.74, 6) is 0.764. The molecule has 0 N–H and O–H groups in total. The molecule has 0 aromatic carbocycles. The second kappa shape index (κ2) is 7.60. The molecule has 1 nitrogen and oxygen atoms in total. The molecule has 73 valence electrons. The summed E-state index contributed by atoms with van der Waals surface area (Å²) >= 11 is 0. The van der Waals surface area contributed by atoms with Crippen molar-refractivity contribution in [2.75, 3.05) is 6.61 Å². The van der Waals surface area contributed by atoms with Crippen LogP contribution in [0.4, 0.5) is 0 Å². The maximum absolute atomic E-state index is 5.51. The summed E-state index contributed by atoms with van der Waals surface area (Å²) in [6, 6.07) is 0. The first-order valence-corrected chi connectivity index (χ1v) is 5.13. The molecule has 1 radical (unpaired) electrons. The third kappa shape index (κ3) is 6.66. The Morgan fingerprint density at radius 3 is 2.33 bits per heavy atom. The maximum Gasteiger partial charge on any atom is 0.0909 e. The van der Waals surface area contributed by atoms with E-state index in [4.69, 9.17) is 4.74 Å². The van der Waals surface area contributed by atoms with Crippen molar-refractivity contribution in [2.45, 2.75) is 53.4 Å². The number of ether oxygens (including phenoxy) is 1. The number of hydrogen-bond acceptors (Lipinski definition) is 1. The van der Waals surface area contributed by atoms with Crippen molar-refractivity contribution in [1.82, 2.24) is 0 Å². The molecule has 0 saturated carbocycles. The van der Waals surface area contributed by atoms with Crippen molar-refractivity contribution in [3.63, 3.8) is 0 Å². The van der Waals surface area contributed by atoms with Crippen molar-refractivity contribution in [2.24, 2.45) is 5.92 Å². The minimum atomic E-state index is 0.764. The standard InChI is InChI=1S/C11H23O/c1-5-7-8-11(6-2)9-12-10(3)4/h11H,5-9H2,1-4H3. The fourth-order valence-electron chi connectivity index (χ4n) is 1.18. The van der Waals surface area contributed by atoms with Crippen LogP contribution in [0, 0.1) is 12.0 Å². The van der Waals surface area contributed by atoms with Gasteiger partial charge in [0.2, 0.25) is 0 Å². The highest BCUT2D eigenvalue weighted by Gasteiger charge is 2.06. The van der Waals surface area contributed by atoms with E-state index in [0.29, 0.717) is 0 Å². The highest BCUT2D eigenvalue weighted by Crippen LogP contribution is 2.14. The van der Waals surface area contributed by atoms with Crippen LogP contribution in [0.25, 0.3) is 0 Å². The molecule has 0 aromatic rings. The molecule has 0 aliphatic heterocycles. The van der Waals surface area contributed by atoms with Crippen LogP contribution in [0.5, 0.6) is 0 Å². The van der Waals surface area contributed by atoms with Gasteiger partial charge in [-0.1, -0.05) is 33.1 Å². The van der Waals surface area contributed by atoms with Gasteiger partial charge in [0.15, 0.2) is 0 Å². The van der Waals surface area contributed by atoms with E-state index in [9.17, 15) is 0 Å². The van der Waals surface area contributed by atoms with Gasteiger partial charge in [0.1, 0.15) is 0 Å². The maximum atomic E-state index is 5.51. The second-order valence-corrected chi connectivity index (χ2v) is 3.64. The fraction of sp³-hybridized carbons (Fsp3) is 0.909. The Balaban J connectivity index is 3.39. The summed E-state index contributed by atoms with van der Waals surface area (Å²) < 4.78 is 5.51. The molecule has 0 bridgehead atoms. The first kappa shape index (κ1) is 12.0. The summed E-state index contributed by atoms with van der Waals surface area (Å²) in [7, 11) is 0. The number of unbranched alkanes of at least 4 members (excludes halogenated alkanes) is 1. The lowest BCUT2D eigenvalue weighted by Gasteiger charge is -2.15. The predicted octanol–water partition coefficient (Wildman–Crippen LogP) is 3.79. The van der Waals surface area contributed by atoms with E-state index in [1.165, 1.54) is 25.7 Å². The summed E-state index contributed by atoms with van der Waals surface area (Å²) in [6.45, 7) is 9.44. The van der Waals surface area contributed by atoms with Crippen LogP contribution in [0.3, 0.4) is 0 Å². The van der Waals surface area contributed by atoms with Crippen LogP contribution in [-0.4, -0.2) is 6.61 Å². The molecule has 1 atom stereocenters. The van der Waals surface area contributed by atoms with E-state index in [-0.39, 0.29) is 0 Å². The lowest BCUT2D eigenvalue weighted by Crippen LogP contribution is -2.09. The molecule has 0 amide bonds. The van der Waals surface area contributed by atoms with Crippen molar-refractivity contribution < 1.29 is 4.74 Å². The van der Waals surface area contributed by atoms with E-state index in [2.05, 4.69) is 13.8 Å². The van der Waals surface area contributed by atoms with Crippen molar-refractivity contribution in [1.29, 1.82) is 0 Å². The highest BCUT2D eigenvalue weighted by atomic mass is 16.5. The molecule has 1 heteroatoms. The van der Waals surface area contributed by atoms with Crippen LogP contribution >= 0.6 is 0 Å². The summed E-state index contributed by atoms with van der Waals surface area (Å²) in [5.41, 5.74) is 0. The Morgan fingerprint density at radius 2 is 1.92 bits per heavy atom. The molecule has 0 aliphatic rings. The fourth-order valence-corrected chi connectivity index (χ4v) is 1.18. The van der Waals surface area contributed by atoms with Gasteiger partial charge < -0.3 is 4.74 Å². The lowest BCUT2D eigenvalue weighted by atomic mass is 10.0. The van der Waals surface area contributed by atoms with Crippen molar-refractivity contribution in [3.8, 4) is 0 Å². The van der Waals surface area contributed by atoms with Gasteiger partial charge in [0.05, 0.1) is 12.7 Å². The second-order valence-electron chi connectivity index (χ2n) is 3.64. The Hall–Kier alpha value is -0.0400. The monoisotopic (exact) mass is 171 g/mol. The Bertz CT molecular complexity index is 89.0. The SMILES string of the molecule is CCCCC(CC)CO[C](C)C. The molecule has 0 aliphatic carbocycles. The summed E-state index contributed by atoms with van der Waals surface area (Å²) in [4.78, 5) is 0. The minimum absolute atomic E-state index is 0.764. The zero-order chi connectivity index (χ0) is 9.40. The Kier molecular flexibility index (Phi) is 7.58. The van der Waals surface area contributed by atoms with Crippen LogP contribution in [0.15, 0.2) is 0 Å². The average molecular weight is 171 g/mol. The third-order valence-corrected chi connectivity index (χ3v) is 2.15. The first-order chi connectivity index (χ1) is 5.70. The topological polar surface area (TPSA) is 9.23 Å². The predicted molar refractivity (Wildman–Crippen MR) is 53.8 cm³/mol. The zero-order valence-corrected chi connectivity index (χ0v) is 9.02. The smallest absolute Gasteiger partial charge is 0.0909 e. The molecule has 0 fully saturated rings. The Morgan fingerprint density at radius 1 is 1.25 bits per heavy atom. The van der Waals surface area contributed by atoms with Gasteiger partial charge in [-0.15, -0.1) is 0 Å². The van der Waals surface area contributed by atoms with E-state index < -0.39 is 0 Å². The van der Waals surface area contributed by atoms with Gasteiger partial charge in [-0.2, -0.15) is 0 Å². The molecule has 0 aromatic heterocycles. The van der Waals surface area contributed by atoms with Crippen LogP contribution < -0.4 is 0 Å². The molecule has 12 heavy (non-hydrogen) atoms. The number of rotatable bonds is 7.